The Hall–Kier alpha value is -1.07. The Morgan fingerprint density at radius 3 is 3.05 bits per heavy atom. The van der Waals surface area contributed by atoms with Crippen LogP contribution in [0.5, 0.6) is 0 Å². The monoisotopic (exact) mass is 313 g/mol. The van der Waals surface area contributed by atoms with E-state index in [-0.39, 0.29) is 16.7 Å². The summed E-state index contributed by atoms with van der Waals surface area (Å²) in [6.07, 6.45) is 7.21. The van der Waals surface area contributed by atoms with Crippen molar-refractivity contribution in [3.05, 3.63) is 21.6 Å². The Labute approximate surface area is 130 Å². The third-order valence-electron chi connectivity index (χ3n) is 4.04. The molecule has 0 aromatic carbocycles. The van der Waals surface area contributed by atoms with Crippen LogP contribution >= 0.6 is 11.6 Å². The molecule has 5 nitrogen and oxygen atoms in total. The zero-order valence-corrected chi connectivity index (χ0v) is 13.3. The van der Waals surface area contributed by atoms with Gasteiger partial charge in [0.2, 0.25) is 0 Å². The standard InChI is InChI=1S/C15H24ClN3O2/c1-2-3-7-19-15(21)14(16)13(10-18-19)17-9-11-5-4-6-12(20)8-11/h10-12,17,20H,2-9H2,1H3. The van der Waals surface area contributed by atoms with Crippen LogP contribution in [0, 0.1) is 5.92 Å². The SMILES string of the molecule is CCCCn1ncc(NCC2CCCC(O)C2)c(Cl)c1=O. The largest absolute Gasteiger partial charge is 0.393 e. The predicted molar refractivity (Wildman–Crippen MR) is 84.9 cm³/mol. The summed E-state index contributed by atoms with van der Waals surface area (Å²) in [6, 6.07) is 0. The molecular formula is C15H24ClN3O2. The van der Waals surface area contributed by atoms with Crippen molar-refractivity contribution in [2.24, 2.45) is 5.92 Å². The molecule has 21 heavy (non-hydrogen) atoms. The molecule has 1 aromatic heterocycles. The molecule has 0 amide bonds. The van der Waals surface area contributed by atoms with Gasteiger partial charge in [0, 0.05) is 13.1 Å². The molecule has 2 N–H and O–H groups in total. The van der Waals surface area contributed by atoms with Crippen molar-refractivity contribution in [3.63, 3.8) is 0 Å². The number of aliphatic hydroxyl groups excluding tert-OH is 1. The molecule has 1 heterocycles. The Bertz CT molecular complexity index is 518. The van der Waals surface area contributed by atoms with Crippen molar-refractivity contribution in [3.8, 4) is 0 Å². The van der Waals surface area contributed by atoms with E-state index in [1.807, 2.05) is 0 Å². The number of hydrogen-bond acceptors (Lipinski definition) is 4. The molecule has 1 saturated carbocycles. The summed E-state index contributed by atoms with van der Waals surface area (Å²) in [6.45, 7) is 3.39. The first-order valence-corrected chi connectivity index (χ1v) is 8.17. The van der Waals surface area contributed by atoms with Crippen molar-refractivity contribution >= 4 is 17.3 Å². The van der Waals surface area contributed by atoms with Gasteiger partial charge in [-0.15, -0.1) is 0 Å². The Morgan fingerprint density at radius 2 is 2.33 bits per heavy atom. The Kier molecular flexibility index (Phi) is 6.06. The molecule has 1 aromatic rings. The molecule has 0 spiro atoms. The van der Waals surface area contributed by atoms with Gasteiger partial charge in [0.1, 0.15) is 5.02 Å². The molecule has 118 valence electrons. The number of unbranched alkanes of at least 4 members (excludes halogenated alkanes) is 1. The van der Waals surface area contributed by atoms with Crippen molar-refractivity contribution in [1.82, 2.24) is 9.78 Å². The second-order valence-electron chi connectivity index (χ2n) is 5.82. The summed E-state index contributed by atoms with van der Waals surface area (Å²) < 4.78 is 1.42. The van der Waals surface area contributed by atoms with E-state index in [9.17, 15) is 9.90 Å². The lowest BCUT2D eigenvalue weighted by Gasteiger charge is -2.26. The highest BCUT2D eigenvalue weighted by Gasteiger charge is 2.20. The van der Waals surface area contributed by atoms with Crippen LogP contribution in [-0.2, 0) is 6.54 Å². The zero-order chi connectivity index (χ0) is 15.2. The summed E-state index contributed by atoms with van der Waals surface area (Å²) in [7, 11) is 0. The van der Waals surface area contributed by atoms with Gasteiger partial charge in [-0.3, -0.25) is 4.79 Å². The molecule has 1 fully saturated rings. The maximum absolute atomic E-state index is 12.1. The van der Waals surface area contributed by atoms with E-state index in [0.29, 0.717) is 18.2 Å². The number of aryl methyl sites for hydroxylation is 1. The number of hydrogen-bond donors (Lipinski definition) is 2. The van der Waals surface area contributed by atoms with Gasteiger partial charge in [-0.05, 0) is 31.6 Å². The van der Waals surface area contributed by atoms with Crippen LogP contribution in [0.3, 0.4) is 0 Å². The molecule has 0 saturated heterocycles. The third-order valence-corrected chi connectivity index (χ3v) is 4.41. The summed E-state index contributed by atoms with van der Waals surface area (Å²) in [5.74, 6) is 0.423. The van der Waals surface area contributed by atoms with Gasteiger partial charge in [-0.1, -0.05) is 31.4 Å². The topological polar surface area (TPSA) is 67.2 Å². The van der Waals surface area contributed by atoms with Crippen molar-refractivity contribution in [2.45, 2.75) is 58.1 Å². The number of halogens is 1. The van der Waals surface area contributed by atoms with Crippen molar-refractivity contribution < 1.29 is 5.11 Å². The van der Waals surface area contributed by atoms with E-state index >= 15 is 0 Å². The van der Waals surface area contributed by atoms with E-state index in [2.05, 4.69) is 17.3 Å². The highest BCUT2D eigenvalue weighted by molar-refractivity contribution is 6.32. The molecule has 0 bridgehead atoms. The second-order valence-corrected chi connectivity index (χ2v) is 6.20. The normalized spacial score (nSPS) is 22.2. The van der Waals surface area contributed by atoms with E-state index in [1.54, 1.807) is 6.20 Å². The highest BCUT2D eigenvalue weighted by atomic mass is 35.5. The molecular weight excluding hydrogens is 290 g/mol. The van der Waals surface area contributed by atoms with Crippen LogP contribution in [0.15, 0.2) is 11.0 Å². The quantitative estimate of drug-likeness (QED) is 0.847. The first kappa shape index (κ1) is 16.3. The van der Waals surface area contributed by atoms with Crippen LogP contribution in [-0.4, -0.2) is 27.5 Å². The maximum atomic E-state index is 12.1. The zero-order valence-electron chi connectivity index (χ0n) is 12.5. The van der Waals surface area contributed by atoms with Crippen LogP contribution < -0.4 is 10.9 Å². The van der Waals surface area contributed by atoms with E-state index in [4.69, 9.17) is 11.6 Å². The van der Waals surface area contributed by atoms with E-state index < -0.39 is 0 Å². The fourth-order valence-corrected chi connectivity index (χ4v) is 2.97. The Morgan fingerprint density at radius 1 is 1.52 bits per heavy atom. The van der Waals surface area contributed by atoms with E-state index in [0.717, 1.165) is 45.1 Å². The predicted octanol–water partition coefficient (Wildman–Crippen LogP) is 2.66. The first-order valence-electron chi connectivity index (χ1n) is 7.79. The summed E-state index contributed by atoms with van der Waals surface area (Å²) in [4.78, 5) is 12.1. The van der Waals surface area contributed by atoms with Gasteiger partial charge in [0.15, 0.2) is 0 Å². The number of anilines is 1. The molecule has 0 aliphatic heterocycles. The average molecular weight is 314 g/mol. The third kappa shape index (κ3) is 4.45. The molecule has 6 heteroatoms. The fourth-order valence-electron chi connectivity index (χ4n) is 2.76. The molecule has 2 atom stereocenters. The Balaban J connectivity index is 1.97. The van der Waals surface area contributed by atoms with Crippen LogP contribution in [0.2, 0.25) is 5.02 Å². The van der Waals surface area contributed by atoms with Gasteiger partial charge < -0.3 is 10.4 Å². The molecule has 1 aliphatic carbocycles. The number of aliphatic hydroxyl groups is 1. The van der Waals surface area contributed by atoms with Gasteiger partial charge in [0.25, 0.3) is 5.56 Å². The van der Waals surface area contributed by atoms with Crippen LogP contribution in [0.1, 0.15) is 45.4 Å². The van der Waals surface area contributed by atoms with Crippen LogP contribution in [0.4, 0.5) is 5.69 Å². The minimum Gasteiger partial charge on any atom is -0.393 e. The average Bonchev–Trinajstić information content (AvgIpc) is 2.48. The number of rotatable bonds is 6. The summed E-state index contributed by atoms with van der Waals surface area (Å²) in [5.41, 5.74) is 0.355. The molecule has 2 unspecified atom stereocenters. The van der Waals surface area contributed by atoms with Crippen molar-refractivity contribution in [1.29, 1.82) is 0 Å². The first-order chi connectivity index (χ1) is 10.1. The number of nitrogens with zero attached hydrogens (tertiary/aromatic N) is 2. The summed E-state index contributed by atoms with van der Waals surface area (Å²) in [5, 5.41) is 17.3. The van der Waals surface area contributed by atoms with Gasteiger partial charge in [-0.25, -0.2) is 4.68 Å². The second kappa shape index (κ2) is 7.80. The summed E-state index contributed by atoms with van der Waals surface area (Å²) >= 11 is 6.14. The van der Waals surface area contributed by atoms with Gasteiger partial charge >= 0.3 is 0 Å². The maximum Gasteiger partial charge on any atom is 0.287 e. The highest BCUT2D eigenvalue weighted by Crippen LogP contribution is 2.25. The van der Waals surface area contributed by atoms with E-state index in [1.165, 1.54) is 4.68 Å². The van der Waals surface area contributed by atoms with Crippen LogP contribution in [0.25, 0.3) is 0 Å². The van der Waals surface area contributed by atoms with Gasteiger partial charge in [-0.2, -0.15) is 5.10 Å². The van der Waals surface area contributed by atoms with Crippen molar-refractivity contribution in [2.75, 3.05) is 11.9 Å². The number of nitrogens with one attached hydrogen (secondary N) is 1. The minimum absolute atomic E-state index is 0.193. The smallest absolute Gasteiger partial charge is 0.287 e. The molecule has 0 radical (unpaired) electrons. The molecule has 2 rings (SSSR count). The number of aromatic nitrogens is 2. The molecule has 1 aliphatic rings. The fraction of sp³-hybridized carbons (Fsp3) is 0.733. The lowest BCUT2D eigenvalue weighted by Crippen LogP contribution is -2.27. The van der Waals surface area contributed by atoms with Gasteiger partial charge in [0.05, 0.1) is 18.0 Å². The minimum atomic E-state index is -0.237. The lowest BCUT2D eigenvalue weighted by molar-refractivity contribution is 0.105. The lowest BCUT2D eigenvalue weighted by atomic mass is 9.87.